The molecule has 0 spiro atoms. The van der Waals surface area contributed by atoms with E-state index in [0.29, 0.717) is 0 Å². The highest BCUT2D eigenvalue weighted by molar-refractivity contribution is 7.89. The molecule has 2 N–H and O–H groups in total. The van der Waals surface area contributed by atoms with Gasteiger partial charge in [-0.25, -0.2) is 17.5 Å². The summed E-state index contributed by atoms with van der Waals surface area (Å²) in [5.74, 6) is -1.59. The maximum atomic E-state index is 13.0. The third kappa shape index (κ3) is 3.55. The number of hydrogen-bond acceptors (Lipinski definition) is 3. The van der Waals surface area contributed by atoms with Gasteiger partial charge in [-0.2, -0.15) is 0 Å². The highest BCUT2D eigenvalue weighted by Gasteiger charge is 2.33. The number of rotatable bonds is 6. The average molecular weight is 303 g/mol. The lowest BCUT2D eigenvalue weighted by Gasteiger charge is -2.23. The monoisotopic (exact) mass is 303 g/mol. The van der Waals surface area contributed by atoms with Gasteiger partial charge in [-0.15, -0.1) is 0 Å². The van der Waals surface area contributed by atoms with Crippen molar-refractivity contribution in [3.8, 4) is 0 Å². The van der Waals surface area contributed by atoms with E-state index >= 15 is 0 Å². The van der Waals surface area contributed by atoms with Gasteiger partial charge in [0.15, 0.2) is 0 Å². The molecule has 0 amide bonds. The fourth-order valence-corrected chi connectivity index (χ4v) is 2.99. The maximum absolute atomic E-state index is 13.0. The number of carbonyl (C=O) groups is 1. The predicted octanol–water partition coefficient (Wildman–Crippen LogP) is 1.91. The number of benzene rings is 1. The quantitative estimate of drug-likeness (QED) is 0.841. The first kappa shape index (κ1) is 16.6. The van der Waals surface area contributed by atoms with Crippen molar-refractivity contribution in [2.75, 3.05) is 6.54 Å². The molecule has 0 saturated carbocycles. The molecule has 0 aliphatic rings. The van der Waals surface area contributed by atoms with Crippen LogP contribution in [0.1, 0.15) is 25.8 Å². The summed E-state index contributed by atoms with van der Waals surface area (Å²) in [5, 5.41) is 9.11. The molecule has 0 heterocycles. The molecule has 0 fully saturated rings. The van der Waals surface area contributed by atoms with Gasteiger partial charge in [0.05, 0.1) is 10.3 Å². The van der Waals surface area contributed by atoms with E-state index in [1.807, 2.05) is 0 Å². The average Bonchev–Trinajstić information content (AvgIpc) is 2.35. The molecule has 112 valence electrons. The van der Waals surface area contributed by atoms with Gasteiger partial charge in [0.1, 0.15) is 5.82 Å². The van der Waals surface area contributed by atoms with Crippen LogP contribution in [0.4, 0.5) is 4.39 Å². The fourth-order valence-electron chi connectivity index (χ4n) is 1.60. The van der Waals surface area contributed by atoms with Crippen LogP contribution in [0.2, 0.25) is 0 Å². The van der Waals surface area contributed by atoms with E-state index in [-0.39, 0.29) is 23.4 Å². The molecule has 1 unspecified atom stereocenters. The predicted molar refractivity (Wildman–Crippen MR) is 72.4 cm³/mol. The van der Waals surface area contributed by atoms with Crippen molar-refractivity contribution in [1.82, 2.24) is 4.72 Å². The zero-order chi connectivity index (χ0) is 15.6. The number of nitrogens with one attached hydrogen (secondary N) is 1. The van der Waals surface area contributed by atoms with Crippen molar-refractivity contribution < 1.29 is 22.7 Å². The molecule has 0 radical (unpaired) electrons. The van der Waals surface area contributed by atoms with Gasteiger partial charge in [-0.3, -0.25) is 4.79 Å². The molecule has 0 aliphatic heterocycles. The van der Waals surface area contributed by atoms with Gasteiger partial charge in [0.2, 0.25) is 10.0 Å². The van der Waals surface area contributed by atoms with E-state index in [9.17, 15) is 17.6 Å². The Labute approximate surface area is 117 Å². The largest absolute Gasteiger partial charge is 0.481 e. The summed E-state index contributed by atoms with van der Waals surface area (Å²) in [4.78, 5) is 11.1. The molecule has 0 aromatic heterocycles. The van der Waals surface area contributed by atoms with E-state index in [2.05, 4.69) is 4.72 Å². The smallest absolute Gasteiger partial charge is 0.310 e. The first-order chi connectivity index (χ1) is 9.12. The molecule has 0 aliphatic carbocycles. The fraction of sp³-hybridized carbons (Fsp3) is 0.462. The van der Waals surface area contributed by atoms with Crippen molar-refractivity contribution in [2.24, 2.45) is 5.41 Å². The first-order valence-corrected chi connectivity index (χ1v) is 7.60. The molecule has 0 bridgehead atoms. The highest BCUT2D eigenvalue weighted by Crippen LogP contribution is 2.22. The van der Waals surface area contributed by atoms with E-state index in [0.717, 1.165) is 18.2 Å². The number of carboxylic acids is 1. The van der Waals surface area contributed by atoms with E-state index in [1.54, 1.807) is 6.92 Å². The third-order valence-corrected chi connectivity index (χ3v) is 4.94. The summed E-state index contributed by atoms with van der Waals surface area (Å²) < 4.78 is 39.5. The normalized spacial score (nSPS) is 14.8. The number of aryl methyl sites for hydroxylation is 1. The van der Waals surface area contributed by atoms with Crippen LogP contribution in [-0.2, 0) is 14.8 Å². The number of halogens is 1. The van der Waals surface area contributed by atoms with Crippen molar-refractivity contribution in [1.29, 1.82) is 0 Å². The zero-order valence-corrected chi connectivity index (χ0v) is 12.4. The summed E-state index contributed by atoms with van der Waals surface area (Å²) >= 11 is 0. The Bertz CT molecular complexity index is 615. The second kappa shape index (κ2) is 5.88. The zero-order valence-electron chi connectivity index (χ0n) is 11.6. The summed E-state index contributed by atoms with van der Waals surface area (Å²) in [6, 6.07) is 3.33. The van der Waals surface area contributed by atoms with Crippen LogP contribution < -0.4 is 4.72 Å². The van der Waals surface area contributed by atoms with Gasteiger partial charge in [0, 0.05) is 6.54 Å². The lowest BCUT2D eigenvalue weighted by Crippen LogP contribution is -2.40. The maximum Gasteiger partial charge on any atom is 0.310 e. The van der Waals surface area contributed by atoms with Crippen molar-refractivity contribution in [3.05, 3.63) is 29.6 Å². The summed E-state index contributed by atoms with van der Waals surface area (Å²) in [6.45, 7) is 4.40. The Morgan fingerprint density at radius 1 is 1.45 bits per heavy atom. The Morgan fingerprint density at radius 3 is 2.50 bits per heavy atom. The third-order valence-electron chi connectivity index (χ3n) is 3.38. The lowest BCUT2D eigenvalue weighted by atomic mass is 9.88. The standard InChI is InChI=1S/C13H18FNO4S/c1-4-13(3,12(16)17)8-15-20(18,19)11-6-5-10(14)7-9(11)2/h5-7,15H,4,8H2,1-3H3,(H,16,17). The van der Waals surface area contributed by atoms with Gasteiger partial charge in [-0.05, 0) is 44.0 Å². The Morgan fingerprint density at radius 2 is 2.05 bits per heavy atom. The molecule has 20 heavy (non-hydrogen) atoms. The Kier molecular flexibility index (Phi) is 4.88. The van der Waals surface area contributed by atoms with Crippen LogP contribution in [0.15, 0.2) is 23.1 Å². The molecule has 1 aromatic carbocycles. The molecule has 7 heteroatoms. The van der Waals surface area contributed by atoms with Crippen LogP contribution >= 0.6 is 0 Å². The minimum atomic E-state index is -3.86. The van der Waals surface area contributed by atoms with Crippen molar-refractivity contribution >= 4 is 16.0 Å². The summed E-state index contributed by atoms with van der Waals surface area (Å²) in [7, 11) is -3.86. The molecular weight excluding hydrogens is 285 g/mol. The van der Waals surface area contributed by atoms with Gasteiger partial charge in [-0.1, -0.05) is 6.92 Å². The van der Waals surface area contributed by atoms with Crippen LogP contribution in [0.3, 0.4) is 0 Å². The van der Waals surface area contributed by atoms with Crippen LogP contribution in [0.25, 0.3) is 0 Å². The van der Waals surface area contributed by atoms with E-state index < -0.39 is 27.2 Å². The Hall–Kier alpha value is -1.47. The summed E-state index contributed by atoms with van der Waals surface area (Å²) in [6.07, 6.45) is 0.285. The molecule has 5 nitrogen and oxygen atoms in total. The second-order valence-electron chi connectivity index (χ2n) is 4.95. The van der Waals surface area contributed by atoms with Gasteiger partial charge in [0.25, 0.3) is 0 Å². The number of sulfonamides is 1. The van der Waals surface area contributed by atoms with Gasteiger partial charge >= 0.3 is 5.97 Å². The lowest BCUT2D eigenvalue weighted by molar-refractivity contribution is -0.147. The minimum absolute atomic E-state index is 0.0530. The molecule has 1 rings (SSSR count). The van der Waals surface area contributed by atoms with Gasteiger partial charge < -0.3 is 5.11 Å². The number of hydrogen-bond donors (Lipinski definition) is 2. The van der Waals surface area contributed by atoms with Crippen LogP contribution in [0, 0.1) is 18.2 Å². The number of carboxylic acid groups (broad SMARTS) is 1. The molecule has 0 saturated heterocycles. The van der Waals surface area contributed by atoms with Crippen LogP contribution in [0.5, 0.6) is 0 Å². The summed E-state index contributed by atoms with van der Waals surface area (Å²) in [5.41, 5.74) is -0.910. The van der Waals surface area contributed by atoms with E-state index in [4.69, 9.17) is 5.11 Å². The number of aliphatic carboxylic acids is 1. The highest BCUT2D eigenvalue weighted by atomic mass is 32.2. The Balaban J connectivity index is 2.99. The first-order valence-electron chi connectivity index (χ1n) is 6.11. The molecule has 1 aromatic rings. The van der Waals surface area contributed by atoms with E-state index in [1.165, 1.54) is 13.8 Å². The van der Waals surface area contributed by atoms with Crippen molar-refractivity contribution in [2.45, 2.75) is 32.1 Å². The molecule has 1 atom stereocenters. The second-order valence-corrected chi connectivity index (χ2v) is 6.69. The SMILES string of the molecule is CCC(C)(CNS(=O)(=O)c1ccc(F)cc1C)C(=O)O. The topological polar surface area (TPSA) is 83.5 Å². The minimum Gasteiger partial charge on any atom is -0.481 e. The molecular formula is C13H18FNO4S. The van der Waals surface area contributed by atoms with Crippen LogP contribution in [-0.4, -0.2) is 26.0 Å². The van der Waals surface area contributed by atoms with Crippen molar-refractivity contribution in [3.63, 3.8) is 0 Å².